The maximum absolute atomic E-state index is 13.4. The Kier molecular flexibility index (Phi) is 9.97. The van der Waals surface area contributed by atoms with Gasteiger partial charge in [0.15, 0.2) is 6.61 Å². The van der Waals surface area contributed by atoms with Gasteiger partial charge >= 0.3 is 0 Å². The third-order valence-corrected chi connectivity index (χ3v) is 5.96. The molecule has 2 aromatic carbocycles. The lowest BCUT2D eigenvalue weighted by atomic mass is 9.87. The molecule has 2 rings (SSSR count). The zero-order chi connectivity index (χ0) is 25.3. The third kappa shape index (κ3) is 7.79. The molecule has 0 saturated carbocycles. The van der Waals surface area contributed by atoms with Crippen molar-refractivity contribution in [2.75, 3.05) is 13.7 Å². The van der Waals surface area contributed by atoms with Gasteiger partial charge in [0.25, 0.3) is 5.91 Å². The van der Waals surface area contributed by atoms with Crippen LogP contribution in [-0.4, -0.2) is 42.5 Å². The van der Waals surface area contributed by atoms with Crippen LogP contribution in [0.15, 0.2) is 48.5 Å². The first-order valence-electron chi connectivity index (χ1n) is 12.0. The number of rotatable bonds is 11. The fourth-order valence-corrected chi connectivity index (χ4v) is 3.61. The molecule has 2 amide bonds. The van der Waals surface area contributed by atoms with Gasteiger partial charge in [0.1, 0.15) is 17.5 Å². The van der Waals surface area contributed by atoms with Gasteiger partial charge in [-0.3, -0.25) is 9.59 Å². The average Bonchev–Trinajstić information content (AvgIpc) is 2.82. The first-order chi connectivity index (χ1) is 16.1. The number of hydrogen-bond acceptors (Lipinski definition) is 4. The summed E-state index contributed by atoms with van der Waals surface area (Å²) in [6.07, 6.45) is 1.32. The predicted molar refractivity (Wildman–Crippen MR) is 136 cm³/mol. The minimum atomic E-state index is -0.598. The number of nitrogens with zero attached hydrogens (tertiary/aromatic N) is 1. The molecule has 0 radical (unpaired) electrons. The molecular formula is C28H40N2O4. The number of amides is 2. The monoisotopic (exact) mass is 468 g/mol. The van der Waals surface area contributed by atoms with Crippen LogP contribution in [-0.2, 0) is 21.5 Å². The van der Waals surface area contributed by atoms with Crippen LogP contribution in [0.5, 0.6) is 11.5 Å². The molecule has 0 heterocycles. The summed E-state index contributed by atoms with van der Waals surface area (Å²) in [5, 5.41) is 3.02. The van der Waals surface area contributed by atoms with E-state index in [1.54, 1.807) is 12.0 Å². The van der Waals surface area contributed by atoms with E-state index in [1.807, 2.05) is 69.3 Å². The van der Waals surface area contributed by atoms with Crippen LogP contribution in [0.4, 0.5) is 0 Å². The summed E-state index contributed by atoms with van der Waals surface area (Å²) in [7, 11) is 1.61. The largest absolute Gasteiger partial charge is 0.497 e. The molecule has 0 unspecified atom stereocenters. The molecule has 2 aromatic rings. The molecule has 0 aliphatic carbocycles. The standard InChI is InChI=1S/C28H40N2O4/c1-8-20(3)29-27(32)25(9-2)30(18-21-11-10-12-24(17-21)33-7)26(31)19-34-23-15-13-22(14-16-23)28(4,5)6/h10-17,20,25H,8-9,18-19H2,1-7H3,(H,29,32)/t20-,25+/m0/s1. The van der Waals surface area contributed by atoms with Gasteiger partial charge in [-0.25, -0.2) is 0 Å². The smallest absolute Gasteiger partial charge is 0.261 e. The van der Waals surface area contributed by atoms with Crippen molar-refractivity contribution < 1.29 is 19.1 Å². The van der Waals surface area contributed by atoms with Gasteiger partial charge in [0.2, 0.25) is 5.91 Å². The Bertz CT molecular complexity index is 934. The molecule has 1 N–H and O–H groups in total. The summed E-state index contributed by atoms with van der Waals surface area (Å²) < 4.78 is 11.2. The minimum Gasteiger partial charge on any atom is -0.497 e. The number of methoxy groups -OCH3 is 1. The molecule has 0 saturated heterocycles. The summed E-state index contributed by atoms with van der Waals surface area (Å²) in [4.78, 5) is 28.0. The lowest BCUT2D eigenvalue weighted by Crippen LogP contribution is -2.51. The molecule has 2 atom stereocenters. The maximum Gasteiger partial charge on any atom is 0.261 e. The molecule has 6 heteroatoms. The number of carbonyl (C=O) groups excluding carboxylic acids is 2. The SMILES string of the molecule is CC[C@H](C(=O)N[C@@H](C)CC)N(Cc1cccc(OC)c1)C(=O)COc1ccc(C(C)(C)C)cc1. The van der Waals surface area contributed by atoms with Crippen molar-refractivity contribution in [1.82, 2.24) is 10.2 Å². The van der Waals surface area contributed by atoms with Gasteiger partial charge < -0.3 is 19.7 Å². The van der Waals surface area contributed by atoms with Crippen LogP contribution in [0.1, 0.15) is 65.5 Å². The van der Waals surface area contributed by atoms with E-state index in [0.717, 1.165) is 12.0 Å². The Balaban J connectivity index is 2.22. The van der Waals surface area contributed by atoms with Gasteiger partial charge in [-0.05, 0) is 60.6 Å². The van der Waals surface area contributed by atoms with Crippen LogP contribution >= 0.6 is 0 Å². The van der Waals surface area contributed by atoms with Crippen LogP contribution in [0.25, 0.3) is 0 Å². The molecule has 186 valence electrons. The molecule has 0 aliphatic heterocycles. The average molecular weight is 469 g/mol. The number of nitrogens with one attached hydrogen (secondary N) is 1. The molecule has 0 fully saturated rings. The zero-order valence-corrected chi connectivity index (χ0v) is 21.7. The van der Waals surface area contributed by atoms with Gasteiger partial charge in [0, 0.05) is 12.6 Å². The van der Waals surface area contributed by atoms with Crippen molar-refractivity contribution in [3.8, 4) is 11.5 Å². The van der Waals surface area contributed by atoms with Crippen molar-refractivity contribution >= 4 is 11.8 Å². The van der Waals surface area contributed by atoms with E-state index in [1.165, 1.54) is 5.56 Å². The summed E-state index contributed by atoms with van der Waals surface area (Å²) >= 11 is 0. The normalized spacial score (nSPS) is 13.0. The highest BCUT2D eigenvalue weighted by Crippen LogP contribution is 2.24. The predicted octanol–water partition coefficient (Wildman–Crippen LogP) is 5.09. The van der Waals surface area contributed by atoms with Crippen molar-refractivity contribution in [3.63, 3.8) is 0 Å². The Morgan fingerprint density at radius 2 is 1.68 bits per heavy atom. The Morgan fingerprint density at radius 3 is 2.24 bits per heavy atom. The Morgan fingerprint density at radius 1 is 1.00 bits per heavy atom. The van der Waals surface area contributed by atoms with E-state index in [2.05, 4.69) is 26.1 Å². The summed E-state index contributed by atoms with van der Waals surface area (Å²) in [5.74, 6) is 0.938. The number of hydrogen-bond donors (Lipinski definition) is 1. The number of carbonyl (C=O) groups is 2. The maximum atomic E-state index is 13.4. The second-order valence-corrected chi connectivity index (χ2v) is 9.68. The molecule has 0 aliphatic rings. The lowest BCUT2D eigenvalue weighted by molar-refractivity contribution is -0.143. The second kappa shape index (κ2) is 12.4. The Labute approximate surface area is 204 Å². The topological polar surface area (TPSA) is 67.9 Å². The number of ether oxygens (including phenoxy) is 2. The van der Waals surface area contributed by atoms with Gasteiger partial charge in [0.05, 0.1) is 7.11 Å². The molecule has 0 spiro atoms. The molecule has 0 bridgehead atoms. The van der Waals surface area contributed by atoms with Crippen molar-refractivity contribution in [3.05, 3.63) is 59.7 Å². The summed E-state index contributed by atoms with van der Waals surface area (Å²) in [5.41, 5.74) is 2.12. The van der Waals surface area contributed by atoms with E-state index in [9.17, 15) is 9.59 Å². The minimum absolute atomic E-state index is 0.0351. The summed E-state index contributed by atoms with van der Waals surface area (Å²) in [6, 6.07) is 14.8. The van der Waals surface area contributed by atoms with Crippen molar-refractivity contribution in [1.29, 1.82) is 0 Å². The quantitative estimate of drug-likeness (QED) is 0.499. The molecule has 6 nitrogen and oxygen atoms in total. The second-order valence-electron chi connectivity index (χ2n) is 9.68. The van der Waals surface area contributed by atoms with Crippen LogP contribution in [0.3, 0.4) is 0 Å². The lowest BCUT2D eigenvalue weighted by Gasteiger charge is -2.31. The summed E-state index contributed by atoms with van der Waals surface area (Å²) in [6.45, 7) is 12.5. The highest BCUT2D eigenvalue weighted by molar-refractivity contribution is 5.88. The molecule has 0 aromatic heterocycles. The van der Waals surface area contributed by atoms with E-state index in [4.69, 9.17) is 9.47 Å². The van der Waals surface area contributed by atoms with E-state index in [0.29, 0.717) is 17.9 Å². The molecular weight excluding hydrogens is 428 g/mol. The zero-order valence-electron chi connectivity index (χ0n) is 21.7. The highest BCUT2D eigenvalue weighted by Gasteiger charge is 2.29. The Hall–Kier alpha value is -3.02. The van der Waals surface area contributed by atoms with Gasteiger partial charge in [-0.2, -0.15) is 0 Å². The van der Waals surface area contributed by atoms with E-state index in [-0.39, 0.29) is 36.4 Å². The first kappa shape index (κ1) is 27.2. The van der Waals surface area contributed by atoms with Crippen LogP contribution in [0.2, 0.25) is 0 Å². The van der Waals surface area contributed by atoms with Crippen molar-refractivity contribution in [2.45, 2.75) is 78.4 Å². The van der Waals surface area contributed by atoms with Gasteiger partial charge in [-0.15, -0.1) is 0 Å². The fraction of sp³-hybridized carbons (Fsp3) is 0.500. The van der Waals surface area contributed by atoms with Crippen LogP contribution < -0.4 is 14.8 Å². The fourth-order valence-electron chi connectivity index (χ4n) is 3.61. The van der Waals surface area contributed by atoms with Crippen molar-refractivity contribution in [2.24, 2.45) is 0 Å². The first-order valence-corrected chi connectivity index (χ1v) is 12.0. The van der Waals surface area contributed by atoms with Crippen LogP contribution in [0, 0.1) is 0 Å². The van der Waals surface area contributed by atoms with Gasteiger partial charge in [-0.1, -0.05) is 58.9 Å². The molecule has 34 heavy (non-hydrogen) atoms. The number of benzene rings is 2. The van der Waals surface area contributed by atoms with E-state index >= 15 is 0 Å². The highest BCUT2D eigenvalue weighted by atomic mass is 16.5. The van der Waals surface area contributed by atoms with E-state index < -0.39 is 6.04 Å². The third-order valence-electron chi connectivity index (χ3n) is 5.96.